The van der Waals surface area contributed by atoms with Crippen LogP contribution in [0.1, 0.15) is 6.92 Å². The average molecular weight is 160 g/mol. The summed E-state index contributed by atoms with van der Waals surface area (Å²) in [6.45, 7) is 1.79. The minimum atomic E-state index is -0.219. The fourth-order valence-electron chi connectivity index (χ4n) is 0.810. The third-order valence-electron chi connectivity index (χ3n) is 1.30. The van der Waals surface area contributed by atoms with E-state index in [1.807, 2.05) is 18.2 Å². The Morgan fingerprint density at radius 1 is 1.33 bits per heavy atom. The van der Waals surface area contributed by atoms with E-state index in [9.17, 15) is 4.79 Å². The third kappa shape index (κ3) is 2.58. The number of carbonyl (C=O) groups excluding carboxylic acids is 1. The Hall–Kier alpha value is -1.57. The van der Waals surface area contributed by atoms with Gasteiger partial charge in [0, 0.05) is 6.08 Å². The summed E-state index contributed by atoms with van der Waals surface area (Å²) in [6, 6.07) is 9.17. The number of amides is 1. The van der Waals surface area contributed by atoms with Gasteiger partial charge >= 0.3 is 0 Å². The van der Waals surface area contributed by atoms with E-state index in [0.717, 1.165) is 0 Å². The molecule has 1 amide bonds. The van der Waals surface area contributed by atoms with E-state index in [1.54, 1.807) is 25.1 Å². The van der Waals surface area contributed by atoms with Crippen molar-refractivity contribution in [2.45, 2.75) is 6.92 Å². The van der Waals surface area contributed by atoms with Crippen molar-refractivity contribution < 1.29 is 4.79 Å². The van der Waals surface area contributed by atoms with Crippen LogP contribution in [0.2, 0.25) is 0 Å². The van der Waals surface area contributed by atoms with E-state index in [1.165, 1.54) is 6.08 Å². The maximum absolute atomic E-state index is 11.0. The average Bonchev–Trinajstić information content (AvgIpc) is 2.06. The van der Waals surface area contributed by atoms with Crippen LogP contribution in [0, 0.1) is 0 Å². The van der Waals surface area contributed by atoms with Gasteiger partial charge in [-0.15, -0.1) is 0 Å². The second-order valence-corrected chi connectivity index (χ2v) is 2.29. The molecule has 0 fully saturated rings. The van der Waals surface area contributed by atoms with Crippen LogP contribution in [0.25, 0.3) is 0 Å². The van der Waals surface area contributed by atoms with E-state index in [2.05, 4.69) is 5.32 Å². The van der Waals surface area contributed by atoms with Crippen molar-refractivity contribution >= 4 is 11.6 Å². The summed E-state index contributed by atoms with van der Waals surface area (Å²) < 4.78 is 0. The predicted molar refractivity (Wildman–Crippen MR) is 48.1 cm³/mol. The van der Waals surface area contributed by atoms with Crippen molar-refractivity contribution in [1.82, 2.24) is 5.32 Å². The van der Waals surface area contributed by atoms with E-state index >= 15 is 0 Å². The number of carbonyl (C=O) groups is 1. The van der Waals surface area contributed by atoms with Crippen molar-refractivity contribution in [3.8, 4) is 0 Å². The summed E-state index contributed by atoms with van der Waals surface area (Å²) in [7, 11) is 0. The lowest BCUT2D eigenvalue weighted by molar-refractivity contribution is -0.115. The lowest BCUT2D eigenvalue weighted by Gasteiger charge is -1.95. The molecule has 1 rings (SSSR count). The molecule has 0 N–H and O–H groups in total. The van der Waals surface area contributed by atoms with Crippen LogP contribution in [0.15, 0.2) is 42.5 Å². The maximum Gasteiger partial charge on any atom is 0.269 e. The van der Waals surface area contributed by atoms with Crippen LogP contribution >= 0.6 is 0 Å². The molecule has 0 heterocycles. The summed E-state index contributed by atoms with van der Waals surface area (Å²) >= 11 is 0. The molecule has 61 valence electrons. The zero-order valence-corrected chi connectivity index (χ0v) is 6.90. The number of hydrogen-bond donors (Lipinski definition) is 0. The van der Waals surface area contributed by atoms with Gasteiger partial charge in [-0.05, 0) is 19.1 Å². The van der Waals surface area contributed by atoms with E-state index in [4.69, 9.17) is 0 Å². The Balaban J connectivity index is 2.59. The molecule has 1 aromatic carbocycles. The molecule has 0 aliphatic carbocycles. The molecule has 0 unspecified atom stereocenters. The normalized spacial score (nSPS) is 10.1. The molecular weight excluding hydrogens is 150 g/mol. The highest BCUT2D eigenvalue weighted by Gasteiger charge is 1.96. The first-order chi connectivity index (χ1) is 5.83. The van der Waals surface area contributed by atoms with Gasteiger partial charge < -0.3 is 0 Å². The zero-order valence-electron chi connectivity index (χ0n) is 6.90. The van der Waals surface area contributed by atoms with Crippen molar-refractivity contribution in [3.05, 3.63) is 42.5 Å². The van der Waals surface area contributed by atoms with Crippen LogP contribution < -0.4 is 5.32 Å². The lowest BCUT2D eigenvalue weighted by atomic mass is 10.3. The van der Waals surface area contributed by atoms with Crippen molar-refractivity contribution in [1.29, 1.82) is 0 Å². The molecule has 0 saturated heterocycles. The van der Waals surface area contributed by atoms with E-state index in [0.29, 0.717) is 5.69 Å². The first-order valence-corrected chi connectivity index (χ1v) is 3.76. The second-order valence-electron chi connectivity index (χ2n) is 2.29. The van der Waals surface area contributed by atoms with Crippen LogP contribution in [0.5, 0.6) is 0 Å². The van der Waals surface area contributed by atoms with Gasteiger partial charge in [-0.25, -0.2) is 5.32 Å². The minimum Gasteiger partial charge on any atom is -0.267 e. The molecule has 0 aliphatic rings. The van der Waals surface area contributed by atoms with Gasteiger partial charge in [-0.3, -0.25) is 4.79 Å². The molecule has 2 nitrogen and oxygen atoms in total. The fraction of sp³-hybridized carbons (Fsp3) is 0.100. The number of benzene rings is 1. The van der Waals surface area contributed by atoms with Crippen LogP contribution in [0.4, 0.5) is 5.69 Å². The molecule has 1 aromatic rings. The Bertz CT molecular complexity index is 277. The Kier molecular flexibility index (Phi) is 3.08. The summed E-state index contributed by atoms with van der Waals surface area (Å²) in [6.07, 6.45) is 3.11. The number of para-hydroxylation sites is 1. The second kappa shape index (κ2) is 4.34. The first-order valence-electron chi connectivity index (χ1n) is 3.76. The van der Waals surface area contributed by atoms with Gasteiger partial charge in [-0.2, -0.15) is 0 Å². The van der Waals surface area contributed by atoms with Crippen LogP contribution in [0.3, 0.4) is 0 Å². The highest BCUT2D eigenvalue weighted by molar-refractivity contribution is 5.90. The summed E-state index contributed by atoms with van der Waals surface area (Å²) in [4.78, 5) is 11.0. The lowest BCUT2D eigenvalue weighted by Crippen LogP contribution is -2.05. The topological polar surface area (TPSA) is 31.2 Å². The van der Waals surface area contributed by atoms with Crippen LogP contribution in [-0.4, -0.2) is 5.91 Å². The van der Waals surface area contributed by atoms with E-state index in [-0.39, 0.29) is 5.91 Å². The number of allylic oxidation sites excluding steroid dienone is 1. The Morgan fingerprint density at radius 3 is 2.58 bits per heavy atom. The highest BCUT2D eigenvalue weighted by atomic mass is 16.1. The molecule has 0 spiro atoms. The van der Waals surface area contributed by atoms with Gasteiger partial charge in [0.25, 0.3) is 5.91 Å². The quantitative estimate of drug-likeness (QED) is 0.609. The van der Waals surface area contributed by atoms with Gasteiger partial charge in [0.05, 0.1) is 5.69 Å². The molecule has 0 aromatic heterocycles. The Labute approximate surface area is 71.9 Å². The summed E-state index contributed by atoms with van der Waals surface area (Å²) in [5.74, 6) is -0.219. The molecular formula is C10H10NO. The van der Waals surface area contributed by atoms with Crippen molar-refractivity contribution in [3.63, 3.8) is 0 Å². The third-order valence-corrected chi connectivity index (χ3v) is 1.30. The Morgan fingerprint density at radius 2 is 2.00 bits per heavy atom. The molecule has 0 aliphatic heterocycles. The first kappa shape index (κ1) is 8.53. The number of rotatable bonds is 2. The molecule has 0 saturated carbocycles. The van der Waals surface area contributed by atoms with Crippen LogP contribution in [-0.2, 0) is 4.79 Å². The van der Waals surface area contributed by atoms with Gasteiger partial charge in [-0.1, -0.05) is 24.3 Å². The molecule has 0 bridgehead atoms. The number of nitrogens with zero attached hydrogens (tertiary/aromatic N) is 1. The SMILES string of the molecule is CC=CC(=O)[N]c1ccccc1. The minimum absolute atomic E-state index is 0.219. The largest absolute Gasteiger partial charge is 0.269 e. The zero-order chi connectivity index (χ0) is 8.81. The number of hydrogen-bond acceptors (Lipinski definition) is 1. The monoisotopic (exact) mass is 160 g/mol. The van der Waals surface area contributed by atoms with E-state index < -0.39 is 0 Å². The smallest absolute Gasteiger partial charge is 0.267 e. The van der Waals surface area contributed by atoms with Crippen molar-refractivity contribution in [2.75, 3.05) is 0 Å². The fourth-order valence-corrected chi connectivity index (χ4v) is 0.810. The standard InChI is InChI=1S/C10H10NO/c1-2-6-10(12)11-9-7-4-3-5-8-9/h2-8H,1H3. The molecule has 2 heteroatoms. The van der Waals surface area contributed by atoms with Gasteiger partial charge in [0.15, 0.2) is 0 Å². The molecule has 12 heavy (non-hydrogen) atoms. The predicted octanol–water partition coefficient (Wildman–Crippen LogP) is 2.03. The maximum atomic E-state index is 11.0. The van der Waals surface area contributed by atoms with Crippen molar-refractivity contribution in [2.24, 2.45) is 0 Å². The molecule has 0 atom stereocenters. The van der Waals surface area contributed by atoms with Gasteiger partial charge in [0.2, 0.25) is 0 Å². The summed E-state index contributed by atoms with van der Waals surface area (Å²) in [5.41, 5.74) is 0.695. The van der Waals surface area contributed by atoms with Gasteiger partial charge in [0.1, 0.15) is 0 Å². The summed E-state index contributed by atoms with van der Waals surface area (Å²) in [5, 5.41) is 3.82. The highest BCUT2D eigenvalue weighted by Crippen LogP contribution is 2.04. The molecule has 1 radical (unpaired) electrons.